The monoisotopic (exact) mass is 820 g/mol. The summed E-state index contributed by atoms with van der Waals surface area (Å²) in [6.45, 7) is 10.9. The van der Waals surface area contributed by atoms with Gasteiger partial charge < -0.3 is 9.84 Å². The largest absolute Gasteiger partial charge is 0.478 e. The van der Waals surface area contributed by atoms with E-state index < -0.39 is 23.6 Å². The lowest BCUT2D eigenvalue weighted by Crippen LogP contribution is -2.22. The van der Waals surface area contributed by atoms with Crippen molar-refractivity contribution in [3.05, 3.63) is 224 Å². The van der Waals surface area contributed by atoms with Crippen molar-refractivity contribution in [2.24, 2.45) is 0 Å². The summed E-state index contributed by atoms with van der Waals surface area (Å²) in [6, 6.07) is 41.4. The summed E-state index contributed by atoms with van der Waals surface area (Å²) < 4.78 is 33.1. The van der Waals surface area contributed by atoms with Gasteiger partial charge in [-0.15, -0.1) is 0 Å². The second-order valence-corrected chi connectivity index (χ2v) is 16.6. The van der Waals surface area contributed by atoms with Gasteiger partial charge in [0.25, 0.3) is 0 Å². The topological polar surface area (TPSA) is 63.6 Å². The van der Waals surface area contributed by atoms with E-state index in [9.17, 15) is 18.4 Å². The van der Waals surface area contributed by atoms with E-state index in [-0.39, 0.29) is 28.6 Å². The van der Waals surface area contributed by atoms with Crippen molar-refractivity contribution in [1.29, 1.82) is 0 Å². The highest BCUT2D eigenvalue weighted by Crippen LogP contribution is 2.43. The van der Waals surface area contributed by atoms with Crippen molar-refractivity contribution in [3.8, 4) is 23.7 Å². The first kappa shape index (κ1) is 42.8. The minimum atomic E-state index is -1.29. The number of fused-ring (bicyclic) bond motifs is 2. The fourth-order valence-corrected chi connectivity index (χ4v) is 7.83. The second-order valence-electron chi connectivity index (χ2n) is 16.6. The number of hydrogen-bond donors (Lipinski definition) is 1. The average molecular weight is 821 g/mol. The first-order valence-electron chi connectivity index (χ1n) is 20.6. The maximum atomic E-state index is 14.3. The number of carboxylic acids is 1. The van der Waals surface area contributed by atoms with Crippen LogP contribution in [0.5, 0.6) is 0 Å². The number of allylic oxidation sites excluding steroid dienone is 2. The molecule has 6 aromatic rings. The van der Waals surface area contributed by atoms with Crippen molar-refractivity contribution < 1.29 is 28.2 Å². The summed E-state index contributed by atoms with van der Waals surface area (Å²) in [6.07, 6.45) is 6.53. The fraction of sp³-hybridized carbons (Fsp3) is 0.179. The number of benzene rings is 6. The molecule has 6 aromatic carbocycles. The van der Waals surface area contributed by atoms with E-state index in [4.69, 9.17) is 9.84 Å². The van der Waals surface area contributed by atoms with E-state index in [0.717, 1.165) is 35.6 Å². The molecule has 0 unspecified atom stereocenters. The number of rotatable bonds is 5. The van der Waals surface area contributed by atoms with Crippen LogP contribution < -0.4 is 0 Å². The Bertz CT molecular complexity index is 2880. The molecule has 0 fully saturated rings. The Balaban J connectivity index is 0.000000187. The zero-order valence-corrected chi connectivity index (χ0v) is 35.4. The lowest BCUT2D eigenvalue weighted by molar-refractivity contribution is 0.0520. The summed E-state index contributed by atoms with van der Waals surface area (Å²) in [7, 11) is 0. The normalized spacial score (nSPS) is 14.0. The Morgan fingerprint density at radius 2 is 0.952 bits per heavy atom. The van der Waals surface area contributed by atoms with Crippen LogP contribution in [0.4, 0.5) is 8.78 Å². The Morgan fingerprint density at radius 1 is 0.565 bits per heavy atom. The number of ether oxygens (including phenoxy) is 1. The van der Waals surface area contributed by atoms with E-state index in [1.807, 2.05) is 48.5 Å². The number of carboxylic acid groups (broad SMARTS) is 1. The van der Waals surface area contributed by atoms with Gasteiger partial charge in [0.05, 0.1) is 17.7 Å². The Morgan fingerprint density at radius 3 is 1.34 bits per heavy atom. The summed E-state index contributed by atoms with van der Waals surface area (Å²) in [5, 5.41) is 8.96. The molecular formula is C56H46F2O4. The molecule has 0 saturated heterocycles. The third kappa shape index (κ3) is 9.52. The van der Waals surface area contributed by atoms with E-state index in [2.05, 4.69) is 112 Å². The standard InChI is InChI=1S/C29H25FO2.C27H21FO2/c1-4-32-28(31)24-14-12-21(19-27(24)30)11-10-20-13-15-26-25(18-20)23(16-17-29(26,2)3)22-8-6-5-7-9-22;1-27(2)15-14-21(20-6-4-3-5-7-20)23-16-18(11-13-24(23)27)8-9-19-10-12-22(26(29)30)25(28)17-19/h5-9,12-16,18-19H,4,17H2,1-3H3;3-7,10-14,16-17H,15H2,1-2H3,(H,29,30). The number of aromatic carboxylic acids is 1. The van der Waals surface area contributed by atoms with Crippen LogP contribution in [-0.4, -0.2) is 23.7 Å². The van der Waals surface area contributed by atoms with Crippen LogP contribution in [0.25, 0.3) is 11.1 Å². The number of hydrogen-bond acceptors (Lipinski definition) is 3. The molecule has 1 N–H and O–H groups in total. The minimum Gasteiger partial charge on any atom is -0.478 e. The third-order valence-corrected chi connectivity index (χ3v) is 11.2. The van der Waals surface area contributed by atoms with Crippen LogP contribution >= 0.6 is 0 Å². The number of halogens is 2. The summed E-state index contributed by atoms with van der Waals surface area (Å²) in [5.41, 5.74) is 12.0. The molecule has 0 aromatic heterocycles. The molecule has 308 valence electrons. The molecule has 0 amide bonds. The predicted molar refractivity (Wildman–Crippen MR) is 243 cm³/mol. The van der Waals surface area contributed by atoms with Gasteiger partial charge in [-0.3, -0.25) is 0 Å². The lowest BCUT2D eigenvalue weighted by Gasteiger charge is -2.32. The summed E-state index contributed by atoms with van der Waals surface area (Å²) in [4.78, 5) is 22.8. The quantitative estimate of drug-likeness (QED) is 0.139. The van der Waals surface area contributed by atoms with Gasteiger partial charge in [0.1, 0.15) is 11.6 Å². The Kier molecular flexibility index (Phi) is 12.5. The predicted octanol–water partition coefficient (Wildman–Crippen LogP) is 12.6. The molecule has 0 bridgehead atoms. The van der Waals surface area contributed by atoms with Crippen molar-refractivity contribution >= 4 is 23.1 Å². The maximum Gasteiger partial charge on any atom is 0.341 e. The molecule has 0 atom stereocenters. The van der Waals surface area contributed by atoms with E-state index in [0.29, 0.717) is 11.1 Å². The molecule has 0 spiro atoms. The zero-order valence-electron chi connectivity index (χ0n) is 35.4. The van der Waals surface area contributed by atoms with Gasteiger partial charge in [0, 0.05) is 22.3 Å². The van der Waals surface area contributed by atoms with Gasteiger partial charge in [-0.1, -0.05) is 136 Å². The van der Waals surface area contributed by atoms with E-state index >= 15 is 0 Å². The molecule has 4 nitrogen and oxygen atoms in total. The number of carbonyl (C=O) groups is 2. The number of esters is 1. The van der Waals surface area contributed by atoms with Crippen LogP contribution in [0.3, 0.4) is 0 Å². The highest BCUT2D eigenvalue weighted by atomic mass is 19.1. The molecule has 0 aliphatic heterocycles. The van der Waals surface area contributed by atoms with Gasteiger partial charge in [-0.25, -0.2) is 18.4 Å². The van der Waals surface area contributed by atoms with Crippen molar-refractivity contribution in [2.45, 2.75) is 58.3 Å². The molecular weight excluding hydrogens is 775 g/mol. The van der Waals surface area contributed by atoms with Gasteiger partial charge in [0.15, 0.2) is 0 Å². The average Bonchev–Trinajstić information content (AvgIpc) is 3.25. The smallest absolute Gasteiger partial charge is 0.341 e. The highest BCUT2D eigenvalue weighted by molar-refractivity contribution is 5.90. The lowest BCUT2D eigenvalue weighted by atomic mass is 9.72. The molecule has 0 heterocycles. The summed E-state index contributed by atoms with van der Waals surface area (Å²) >= 11 is 0. The third-order valence-electron chi connectivity index (χ3n) is 11.2. The zero-order chi connectivity index (χ0) is 44.0. The second kappa shape index (κ2) is 18.1. The van der Waals surface area contributed by atoms with E-state index in [1.54, 1.807) is 13.0 Å². The number of carbonyl (C=O) groups excluding carboxylic acids is 1. The maximum absolute atomic E-state index is 14.3. The van der Waals surface area contributed by atoms with Gasteiger partial charge in [-0.05, 0) is 136 Å². The summed E-state index contributed by atoms with van der Waals surface area (Å²) in [5.74, 6) is 8.85. The van der Waals surface area contributed by atoms with Gasteiger partial charge in [-0.2, -0.15) is 0 Å². The first-order chi connectivity index (χ1) is 29.7. The van der Waals surface area contributed by atoms with Crippen LogP contribution in [-0.2, 0) is 15.6 Å². The van der Waals surface area contributed by atoms with Crippen molar-refractivity contribution in [2.75, 3.05) is 6.61 Å². The van der Waals surface area contributed by atoms with Crippen LogP contribution in [0.2, 0.25) is 0 Å². The molecule has 0 saturated carbocycles. The van der Waals surface area contributed by atoms with Gasteiger partial charge in [0.2, 0.25) is 0 Å². The fourth-order valence-electron chi connectivity index (χ4n) is 7.83. The molecule has 0 radical (unpaired) electrons. The van der Waals surface area contributed by atoms with Crippen LogP contribution in [0, 0.1) is 35.3 Å². The van der Waals surface area contributed by atoms with Crippen molar-refractivity contribution in [1.82, 2.24) is 0 Å². The van der Waals surface area contributed by atoms with Crippen molar-refractivity contribution in [3.63, 3.8) is 0 Å². The Hall–Kier alpha value is -7.28. The Labute approximate surface area is 362 Å². The minimum absolute atomic E-state index is 0.0371. The molecule has 2 aliphatic rings. The van der Waals surface area contributed by atoms with Gasteiger partial charge >= 0.3 is 11.9 Å². The van der Waals surface area contributed by atoms with Crippen LogP contribution in [0.15, 0.2) is 146 Å². The highest BCUT2D eigenvalue weighted by Gasteiger charge is 2.30. The first-order valence-corrected chi connectivity index (χ1v) is 20.6. The molecule has 8 rings (SSSR count). The molecule has 62 heavy (non-hydrogen) atoms. The van der Waals surface area contributed by atoms with Crippen LogP contribution in [0.1, 0.15) is 124 Å². The van der Waals surface area contributed by atoms with E-state index in [1.165, 1.54) is 63.2 Å². The molecule has 2 aliphatic carbocycles. The SMILES string of the molecule is CC1(C)CC=C(c2ccccc2)c2cc(C#Cc3ccc(C(=O)O)c(F)c3)ccc21.CCOC(=O)c1ccc(C#Cc2ccc3c(c2)C(c2ccccc2)=CCC3(C)C)cc1F. The molecule has 6 heteroatoms.